The Morgan fingerprint density at radius 1 is 1.35 bits per heavy atom. The average Bonchev–Trinajstić information content (AvgIpc) is 2.75. The zero-order valence-corrected chi connectivity index (χ0v) is 11.6. The van der Waals surface area contributed by atoms with Crippen molar-refractivity contribution in [1.82, 2.24) is 0 Å². The monoisotopic (exact) mass is 274 g/mol. The number of hydrogen-bond acceptors (Lipinski definition) is 3. The molecule has 3 heterocycles. The van der Waals surface area contributed by atoms with E-state index in [0.717, 1.165) is 13.0 Å². The summed E-state index contributed by atoms with van der Waals surface area (Å²) in [6, 6.07) is 8.91. The summed E-state index contributed by atoms with van der Waals surface area (Å²) >= 11 is 0. The fourth-order valence-electron chi connectivity index (χ4n) is 4.52. The van der Waals surface area contributed by atoms with Crippen LogP contribution in [0.2, 0.25) is 0 Å². The third kappa shape index (κ3) is 1.58. The van der Waals surface area contributed by atoms with Crippen LogP contribution in [0.15, 0.2) is 24.3 Å². The summed E-state index contributed by atoms with van der Waals surface area (Å²) in [7, 11) is 0. The molecule has 4 nitrogen and oxygen atoms in total. The molecular weight excluding hydrogens is 254 g/mol. The number of aliphatic hydroxyl groups is 1. The third-order valence-electron chi connectivity index (χ3n) is 5.35. The highest BCUT2D eigenvalue weighted by Gasteiger charge is 2.58. The fraction of sp³-hybridized carbons (Fsp3) is 0.562. The first-order valence-electron chi connectivity index (χ1n) is 7.49. The topological polar surface area (TPSA) is 51.0 Å². The summed E-state index contributed by atoms with van der Waals surface area (Å²) in [5, 5.41) is 10.4. The fourth-order valence-corrected chi connectivity index (χ4v) is 4.52. The van der Waals surface area contributed by atoms with Gasteiger partial charge in [0.05, 0.1) is 12.6 Å². The number of cyclic esters (lactones) is 1. The second kappa shape index (κ2) is 4.30. The Kier molecular flexibility index (Phi) is 2.66. The molecule has 6 atom stereocenters. The van der Waals surface area contributed by atoms with Gasteiger partial charge in [-0.1, -0.05) is 24.3 Å². The lowest BCUT2D eigenvalue weighted by molar-refractivity contribution is -0.968. The van der Waals surface area contributed by atoms with Crippen molar-refractivity contribution in [1.29, 1.82) is 0 Å². The van der Waals surface area contributed by atoms with Crippen molar-refractivity contribution in [3.63, 3.8) is 0 Å². The molecule has 106 valence electrons. The average molecular weight is 274 g/mol. The SMILES string of the molecule is C[C@@H]1OC(=O)[C@H]2[C@@H]1[NH+]1CCc3ccccc3[C@@H]1C[C@H]2O. The first-order chi connectivity index (χ1) is 9.66. The van der Waals surface area contributed by atoms with Crippen LogP contribution < -0.4 is 4.90 Å². The molecule has 2 fully saturated rings. The minimum Gasteiger partial charge on any atom is -0.456 e. The summed E-state index contributed by atoms with van der Waals surface area (Å²) < 4.78 is 5.40. The number of aliphatic hydroxyl groups excluding tert-OH is 1. The van der Waals surface area contributed by atoms with E-state index >= 15 is 0 Å². The predicted octanol–water partition coefficient (Wildman–Crippen LogP) is -0.137. The number of esters is 1. The van der Waals surface area contributed by atoms with Crippen molar-refractivity contribution >= 4 is 5.97 Å². The molecule has 4 rings (SSSR count). The zero-order chi connectivity index (χ0) is 13.9. The van der Waals surface area contributed by atoms with Crippen LogP contribution in [0.5, 0.6) is 0 Å². The Hall–Kier alpha value is -1.39. The van der Waals surface area contributed by atoms with Gasteiger partial charge in [0, 0.05) is 18.4 Å². The van der Waals surface area contributed by atoms with Crippen LogP contribution in [0, 0.1) is 5.92 Å². The lowest BCUT2D eigenvalue weighted by atomic mass is 9.77. The maximum absolute atomic E-state index is 12.0. The highest BCUT2D eigenvalue weighted by Crippen LogP contribution is 2.35. The largest absolute Gasteiger partial charge is 0.456 e. The number of nitrogens with one attached hydrogen (secondary N) is 1. The lowest BCUT2D eigenvalue weighted by Crippen LogP contribution is -3.20. The summed E-state index contributed by atoms with van der Waals surface area (Å²) in [6.07, 6.45) is 1.04. The van der Waals surface area contributed by atoms with Crippen molar-refractivity contribution in [3.05, 3.63) is 35.4 Å². The Morgan fingerprint density at radius 2 is 2.15 bits per heavy atom. The van der Waals surface area contributed by atoms with Gasteiger partial charge in [-0.3, -0.25) is 4.79 Å². The van der Waals surface area contributed by atoms with Crippen LogP contribution in [-0.2, 0) is 16.0 Å². The van der Waals surface area contributed by atoms with Gasteiger partial charge >= 0.3 is 5.97 Å². The van der Waals surface area contributed by atoms with Crippen LogP contribution in [0.1, 0.15) is 30.5 Å². The second-order valence-corrected chi connectivity index (χ2v) is 6.32. The van der Waals surface area contributed by atoms with Gasteiger partial charge in [-0.05, 0) is 12.5 Å². The summed E-state index contributed by atoms with van der Waals surface area (Å²) in [5.41, 5.74) is 2.74. The first kappa shape index (κ1) is 12.4. The molecule has 1 aromatic carbocycles. The maximum Gasteiger partial charge on any atom is 0.318 e. The van der Waals surface area contributed by atoms with Gasteiger partial charge in [-0.15, -0.1) is 0 Å². The minimum absolute atomic E-state index is 0.0924. The van der Waals surface area contributed by atoms with Crippen molar-refractivity contribution in [2.24, 2.45) is 5.92 Å². The Labute approximate surface area is 118 Å². The van der Waals surface area contributed by atoms with Gasteiger partial charge < -0.3 is 14.7 Å². The van der Waals surface area contributed by atoms with Crippen molar-refractivity contribution < 1.29 is 19.5 Å². The van der Waals surface area contributed by atoms with E-state index in [0.29, 0.717) is 12.5 Å². The van der Waals surface area contributed by atoms with Gasteiger partial charge in [-0.25, -0.2) is 0 Å². The molecule has 1 unspecified atom stereocenters. The van der Waals surface area contributed by atoms with E-state index in [2.05, 4.69) is 24.3 Å². The number of carbonyl (C=O) groups is 1. The van der Waals surface area contributed by atoms with Crippen molar-refractivity contribution in [2.45, 2.75) is 44.1 Å². The highest BCUT2D eigenvalue weighted by atomic mass is 16.6. The van der Waals surface area contributed by atoms with Crippen molar-refractivity contribution in [3.8, 4) is 0 Å². The molecule has 0 aliphatic carbocycles. The Bertz CT molecular complexity index is 558. The van der Waals surface area contributed by atoms with E-state index in [9.17, 15) is 9.90 Å². The van der Waals surface area contributed by atoms with Gasteiger partial charge in [0.15, 0.2) is 6.10 Å². The zero-order valence-electron chi connectivity index (χ0n) is 11.6. The van der Waals surface area contributed by atoms with E-state index in [1.165, 1.54) is 16.0 Å². The van der Waals surface area contributed by atoms with E-state index in [1.54, 1.807) is 0 Å². The maximum atomic E-state index is 12.0. The van der Waals surface area contributed by atoms with Gasteiger partial charge in [-0.2, -0.15) is 0 Å². The lowest BCUT2D eigenvalue weighted by Gasteiger charge is -2.45. The minimum atomic E-state index is -0.572. The normalized spacial score (nSPS) is 42.4. The molecule has 0 spiro atoms. The Balaban J connectivity index is 1.76. The van der Waals surface area contributed by atoms with Gasteiger partial charge in [0.2, 0.25) is 0 Å². The number of benzene rings is 1. The number of fused-ring (bicyclic) bond motifs is 5. The smallest absolute Gasteiger partial charge is 0.318 e. The standard InChI is InChI=1S/C16H19NO3/c1-9-15-14(16(19)20-9)13(18)8-12-11-5-3-2-4-10(11)6-7-17(12)15/h2-5,9,12-15,18H,6-8H2,1H3/p+1/t9-,12-,13+,14+,15+/m0/s1. The molecule has 3 aliphatic rings. The predicted molar refractivity (Wildman–Crippen MR) is 72.2 cm³/mol. The second-order valence-electron chi connectivity index (χ2n) is 6.32. The van der Waals surface area contributed by atoms with E-state index in [4.69, 9.17) is 4.74 Å². The summed E-state index contributed by atoms with van der Waals surface area (Å²) in [4.78, 5) is 13.4. The molecular formula is C16H20NO3+. The molecule has 0 saturated carbocycles. The molecule has 0 radical (unpaired) electrons. The molecule has 0 bridgehead atoms. The highest BCUT2D eigenvalue weighted by molar-refractivity contribution is 5.76. The molecule has 4 heteroatoms. The molecule has 0 amide bonds. The van der Waals surface area contributed by atoms with Gasteiger partial charge in [0.25, 0.3) is 0 Å². The summed E-state index contributed by atoms with van der Waals surface area (Å²) in [6.45, 7) is 2.99. The Morgan fingerprint density at radius 3 is 3.00 bits per heavy atom. The number of hydrogen-bond donors (Lipinski definition) is 2. The van der Waals surface area contributed by atoms with Crippen molar-refractivity contribution in [2.75, 3.05) is 6.54 Å². The quantitative estimate of drug-likeness (QED) is 0.648. The van der Waals surface area contributed by atoms with E-state index in [1.807, 2.05) is 6.92 Å². The van der Waals surface area contributed by atoms with E-state index in [-0.39, 0.29) is 24.0 Å². The number of rotatable bonds is 0. The molecule has 2 N–H and O–H groups in total. The molecule has 1 aromatic rings. The number of piperidine rings is 1. The third-order valence-corrected chi connectivity index (χ3v) is 5.35. The number of ether oxygens (including phenoxy) is 1. The molecule has 2 saturated heterocycles. The van der Waals surface area contributed by atoms with Crippen LogP contribution in [-0.4, -0.2) is 35.9 Å². The first-order valence-corrected chi connectivity index (χ1v) is 7.49. The number of carbonyl (C=O) groups excluding carboxylic acids is 1. The molecule has 3 aliphatic heterocycles. The van der Waals surface area contributed by atoms with Crippen LogP contribution in [0.25, 0.3) is 0 Å². The van der Waals surface area contributed by atoms with Gasteiger partial charge in [0.1, 0.15) is 18.0 Å². The molecule has 0 aromatic heterocycles. The van der Waals surface area contributed by atoms with Crippen LogP contribution >= 0.6 is 0 Å². The number of quaternary nitrogens is 1. The van der Waals surface area contributed by atoms with E-state index < -0.39 is 6.10 Å². The van der Waals surface area contributed by atoms with Crippen LogP contribution in [0.3, 0.4) is 0 Å². The van der Waals surface area contributed by atoms with Crippen LogP contribution in [0.4, 0.5) is 0 Å². The molecule has 20 heavy (non-hydrogen) atoms. The summed E-state index contributed by atoms with van der Waals surface area (Å²) in [5.74, 6) is -0.540.